The Morgan fingerprint density at radius 3 is 2.93 bits per heavy atom. The van der Waals surface area contributed by atoms with E-state index in [2.05, 4.69) is 12.2 Å². The monoisotopic (exact) mass is 207 g/mol. The fourth-order valence-electron chi connectivity index (χ4n) is 1.80. The summed E-state index contributed by atoms with van der Waals surface area (Å²) in [6, 6.07) is 7.08. The average molecular weight is 207 g/mol. The molecule has 2 heteroatoms. The van der Waals surface area contributed by atoms with Gasteiger partial charge in [-0.1, -0.05) is 25.0 Å². The Morgan fingerprint density at radius 1 is 1.47 bits per heavy atom. The van der Waals surface area contributed by atoms with Gasteiger partial charge in [-0.05, 0) is 43.5 Å². The Bertz CT molecular complexity index is 320. The Balaban J connectivity index is 1.80. The summed E-state index contributed by atoms with van der Waals surface area (Å²) in [6.45, 7) is 3.13. The lowest BCUT2D eigenvalue weighted by molar-refractivity contribution is 0.535. The summed E-state index contributed by atoms with van der Waals surface area (Å²) in [4.78, 5) is 0. The second-order valence-corrected chi connectivity index (χ2v) is 4.46. The summed E-state index contributed by atoms with van der Waals surface area (Å²) in [5.41, 5.74) is 1.03. The molecule has 1 N–H and O–H groups in total. The zero-order chi connectivity index (χ0) is 10.7. The summed E-state index contributed by atoms with van der Waals surface area (Å²) < 4.78 is 13.0. The number of hydrogen-bond acceptors (Lipinski definition) is 1. The van der Waals surface area contributed by atoms with E-state index in [1.54, 1.807) is 12.1 Å². The van der Waals surface area contributed by atoms with Crippen LogP contribution >= 0.6 is 0 Å². The molecule has 1 aromatic carbocycles. The van der Waals surface area contributed by atoms with Crippen LogP contribution in [0.2, 0.25) is 0 Å². The third-order valence-corrected chi connectivity index (χ3v) is 3.05. The third-order valence-electron chi connectivity index (χ3n) is 3.05. The molecule has 1 nitrogen and oxygen atoms in total. The standard InChI is InChI=1S/C13H18FN/c1-10(15-8-7-11-5-6-11)12-3-2-4-13(14)9-12/h2-4,9-11,15H,5-8H2,1H3/t10-/m0/s1. The Labute approximate surface area is 90.7 Å². The molecule has 0 radical (unpaired) electrons. The van der Waals surface area contributed by atoms with E-state index in [0.29, 0.717) is 0 Å². The molecular formula is C13H18FN. The lowest BCUT2D eigenvalue weighted by Crippen LogP contribution is -2.20. The molecule has 0 spiro atoms. The zero-order valence-corrected chi connectivity index (χ0v) is 9.17. The molecule has 1 saturated carbocycles. The quantitative estimate of drug-likeness (QED) is 0.781. The fraction of sp³-hybridized carbons (Fsp3) is 0.538. The predicted molar refractivity (Wildman–Crippen MR) is 60.2 cm³/mol. The number of halogens is 1. The number of benzene rings is 1. The van der Waals surface area contributed by atoms with Crippen LogP contribution in [-0.2, 0) is 0 Å². The number of hydrogen-bond donors (Lipinski definition) is 1. The minimum Gasteiger partial charge on any atom is -0.310 e. The van der Waals surface area contributed by atoms with Crippen molar-refractivity contribution in [2.24, 2.45) is 5.92 Å². The molecule has 1 aromatic rings. The Morgan fingerprint density at radius 2 is 2.27 bits per heavy atom. The van der Waals surface area contributed by atoms with E-state index in [4.69, 9.17) is 0 Å². The number of nitrogens with one attached hydrogen (secondary N) is 1. The van der Waals surface area contributed by atoms with E-state index in [9.17, 15) is 4.39 Å². The SMILES string of the molecule is C[C@H](NCCC1CC1)c1cccc(F)c1. The molecule has 0 aromatic heterocycles. The van der Waals surface area contributed by atoms with Crippen molar-refractivity contribution in [1.29, 1.82) is 0 Å². The van der Waals surface area contributed by atoms with Gasteiger partial charge in [-0.25, -0.2) is 4.39 Å². The largest absolute Gasteiger partial charge is 0.310 e. The molecule has 0 amide bonds. The maximum Gasteiger partial charge on any atom is 0.123 e. The van der Waals surface area contributed by atoms with Crippen LogP contribution < -0.4 is 5.32 Å². The van der Waals surface area contributed by atoms with Gasteiger partial charge in [0.05, 0.1) is 0 Å². The van der Waals surface area contributed by atoms with E-state index in [1.165, 1.54) is 25.3 Å². The summed E-state index contributed by atoms with van der Waals surface area (Å²) in [6.07, 6.45) is 4.06. The first-order chi connectivity index (χ1) is 7.25. The Hall–Kier alpha value is -0.890. The average Bonchev–Trinajstić information content (AvgIpc) is 3.01. The normalized spacial score (nSPS) is 17.7. The molecule has 82 valence electrons. The first-order valence-electron chi connectivity index (χ1n) is 5.74. The van der Waals surface area contributed by atoms with Gasteiger partial charge in [-0.15, -0.1) is 0 Å². The summed E-state index contributed by atoms with van der Waals surface area (Å²) in [5.74, 6) is 0.806. The molecule has 0 aliphatic heterocycles. The minimum atomic E-state index is -0.150. The third kappa shape index (κ3) is 3.31. The molecule has 1 aliphatic carbocycles. The molecule has 1 aliphatic rings. The van der Waals surface area contributed by atoms with Crippen LogP contribution in [0.5, 0.6) is 0 Å². The van der Waals surface area contributed by atoms with Crippen molar-refractivity contribution in [3.63, 3.8) is 0 Å². The molecule has 0 heterocycles. The maximum absolute atomic E-state index is 13.0. The second-order valence-electron chi connectivity index (χ2n) is 4.46. The van der Waals surface area contributed by atoms with Crippen molar-refractivity contribution >= 4 is 0 Å². The molecule has 0 saturated heterocycles. The van der Waals surface area contributed by atoms with Crippen molar-refractivity contribution in [2.75, 3.05) is 6.54 Å². The highest BCUT2D eigenvalue weighted by Crippen LogP contribution is 2.31. The van der Waals surface area contributed by atoms with E-state index in [-0.39, 0.29) is 11.9 Å². The Kier molecular flexibility index (Phi) is 3.37. The van der Waals surface area contributed by atoms with Crippen LogP contribution in [0.1, 0.15) is 37.8 Å². The molecule has 0 bridgehead atoms. The molecule has 0 unspecified atom stereocenters. The van der Waals surface area contributed by atoms with Gasteiger partial charge in [0.2, 0.25) is 0 Å². The van der Waals surface area contributed by atoms with Crippen molar-refractivity contribution < 1.29 is 4.39 Å². The summed E-state index contributed by atoms with van der Waals surface area (Å²) in [7, 11) is 0. The van der Waals surface area contributed by atoms with Gasteiger partial charge in [0.15, 0.2) is 0 Å². The predicted octanol–water partition coefficient (Wildman–Crippen LogP) is 3.28. The first kappa shape index (κ1) is 10.6. The number of rotatable bonds is 5. The van der Waals surface area contributed by atoms with E-state index < -0.39 is 0 Å². The highest BCUT2D eigenvalue weighted by atomic mass is 19.1. The van der Waals surface area contributed by atoms with Crippen molar-refractivity contribution in [3.8, 4) is 0 Å². The van der Waals surface area contributed by atoms with Crippen molar-refractivity contribution in [1.82, 2.24) is 5.32 Å². The van der Waals surface area contributed by atoms with Crippen LogP contribution in [0.25, 0.3) is 0 Å². The van der Waals surface area contributed by atoms with Crippen LogP contribution in [0.15, 0.2) is 24.3 Å². The summed E-state index contributed by atoms with van der Waals surface area (Å²) >= 11 is 0. The molecule has 1 atom stereocenters. The van der Waals surface area contributed by atoms with E-state index in [1.807, 2.05) is 6.07 Å². The second kappa shape index (κ2) is 4.75. The van der Waals surface area contributed by atoms with Crippen LogP contribution in [0, 0.1) is 11.7 Å². The van der Waals surface area contributed by atoms with Gasteiger partial charge in [0.25, 0.3) is 0 Å². The molecule has 15 heavy (non-hydrogen) atoms. The first-order valence-corrected chi connectivity index (χ1v) is 5.74. The van der Waals surface area contributed by atoms with Gasteiger partial charge in [-0.2, -0.15) is 0 Å². The van der Waals surface area contributed by atoms with Crippen LogP contribution in [-0.4, -0.2) is 6.54 Å². The topological polar surface area (TPSA) is 12.0 Å². The van der Waals surface area contributed by atoms with Crippen molar-refractivity contribution in [2.45, 2.75) is 32.2 Å². The molecular weight excluding hydrogens is 189 g/mol. The van der Waals surface area contributed by atoms with E-state index in [0.717, 1.165) is 18.0 Å². The van der Waals surface area contributed by atoms with Crippen LogP contribution in [0.3, 0.4) is 0 Å². The van der Waals surface area contributed by atoms with Crippen molar-refractivity contribution in [3.05, 3.63) is 35.6 Å². The van der Waals surface area contributed by atoms with Crippen LogP contribution in [0.4, 0.5) is 4.39 Å². The lowest BCUT2D eigenvalue weighted by Gasteiger charge is -2.13. The highest BCUT2D eigenvalue weighted by Gasteiger charge is 2.20. The minimum absolute atomic E-state index is 0.150. The summed E-state index contributed by atoms with van der Waals surface area (Å²) in [5, 5.41) is 3.43. The highest BCUT2D eigenvalue weighted by molar-refractivity contribution is 5.19. The maximum atomic E-state index is 13.0. The molecule has 1 fully saturated rings. The fourth-order valence-corrected chi connectivity index (χ4v) is 1.80. The van der Waals surface area contributed by atoms with Gasteiger partial charge in [0, 0.05) is 6.04 Å². The smallest absolute Gasteiger partial charge is 0.123 e. The van der Waals surface area contributed by atoms with Gasteiger partial charge in [0.1, 0.15) is 5.82 Å². The van der Waals surface area contributed by atoms with Gasteiger partial charge >= 0.3 is 0 Å². The lowest BCUT2D eigenvalue weighted by atomic mass is 10.1. The molecule has 2 rings (SSSR count). The zero-order valence-electron chi connectivity index (χ0n) is 9.17. The van der Waals surface area contributed by atoms with Gasteiger partial charge in [-0.3, -0.25) is 0 Å². The van der Waals surface area contributed by atoms with E-state index >= 15 is 0 Å². The van der Waals surface area contributed by atoms with Gasteiger partial charge < -0.3 is 5.32 Å².